The molecule has 0 radical (unpaired) electrons. The van der Waals surface area contributed by atoms with Gasteiger partial charge in [0, 0.05) is 18.3 Å². The normalized spacial score (nSPS) is 13.1. The van der Waals surface area contributed by atoms with E-state index in [9.17, 15) is 0 Å². The quantitative estimate of drug-likeness (QED) is 0.712. The van der Waals surface area contributed by atoms with E-state index in [1.165, 1.54) is 25.7 Å². The molecule has 92 valence electrons. The van der Waals surface area contributed by atoms with Gasteiger partial charge in [-0.3, -0.25) is 4.68 Å². The summed E-state index contributed by atoms with van der Waals surface area (Å²) in [5, 5.41) is 7.81. The second-order valence-corrected chi connectivity index (χ2v) is 4.84. The van der Waals surface area contributed by atoms with Gasteiger partial charge in [0.05, 0.1) is 11.9 Å². The van der Waals surface area contributed by atoms with Crippen molar-refractivity contribution in [3.63, 3.8) is 0 Å². The molecule has 3 heteroatoms. The maximum Gasteiger partial charge on any atom is 0.0728 e. The molecule has 1 unspecified atom stereocenters. The molecule has 1 aromatic rings. The topological polar surface area (TPSA) is 29.9 Å². The Labute approximate surface area is 99.2 Å². The van der Waals surface area contributed by atoms with E-state index < -0.39 is 0 Å². The molecule has 0 amide bonds. The highest BCUT2D eigenvalue weighted by Crippen LogP contribution is 2.13. The summed E-state index contributed by atoms with van der Waals surface area (Å²) in [4.78, 5) is 0. The van der Waals surface area contributed by atoms with Gasteiger partial charge in [-0.05, 0) is 27.2 Å². The smallest absolute Gasteiger partial charge is 0.0728 e. The van der Waals surface area contributed by atoms with Gasteiger partial charge >= 0.3 is 0 Å². The summed E-state index contributed by atoms with van der Waals surface area (Å²) in [6, 6.07) is 0.974. The zero-order valence-electron chi connectivity index (χ0n) is 11.0. The van der Waals surface area contributed by atoms with Gasteiger partial charge in [0.25, 0.3) is 0 Å². The molecule has 0 fully saturated rings. The third kappa shape index (κ3) is 4.25. The molecule has 0 bridgehead atoms. The SMILES string of the molecule is CCCCCC(C)Nc1cnn(C(C)C)c1. The Bertz CT molecular complexity index is 291. The van der Waals surface area contributed by atoms with Crippen LogP contribution in [0.5, 0.6) is 0 Å². The molecular weight excluding hydrogens is 198 g/mol. The first-order valence-corrected chi connectivity index (χ1v) is 6.44. The minimum absolute atomic E-state index is 0.436. The third-order valence-electron chi connectivity index (χ3n) is 2.78. The Hall–Kier alpha value is -0.990. The fraction of sp³-hybridized carbons (Fsp3) is 0.769. The van der Waals surface area contributed by atoms with Crippen LogP contribution in [0.25, 0.3) is 0 Å². The molecule has 0 aliphatic carbocycles. The highest BCUT2D eigenvalue weighted by Gasteiger charge is 2.05. The van der Waals surface area contributed by atoms with E-state index in [0.717, 1.165) is 5.69 Å². The van der Waals surface area contributed by atoms with Gasteiger partial charge in [-0.15, -0.1) is 0 Å². The number of unbranched alkanes of at least 4 members (excludes halogenated alkanes) is 2. The zero-order valence-corrected chi connectivity index (χ0v) is 11.0. The van der Waals surface area contributed by atoms with E-state index in [1.807, 2.05) is 10.9 Å². The summed E-state index contributed by atoms with van der Waals surface area (Å²) in [7, 11) is 0. The van der Waals surface area contributed by atoms with E-state index in [-0.39, 0.29) is 0 Å². The Morgan fingerprint density at radius 3 is 2.62 bits per heavy atom. The molecule has 1 N–H and O–H groups in total. The van der Waals surface area contributed by atoms with Gasteiger partial charge in [0.2, 0.25) is 0 Å². The van der Waals surface area contributed by atoms with Crippen LogP contribution in [0.4, 0.5) is 5.69 Å². The number of nitrogens with one attached hydrogen (secondary N) is 1. The van der Waals surface area contributed by atoms with Gasteiger partial charge in [0.15, 0.2) is 0 Å². The first-order valence-electron chi connectivity index (χ1n) is 6.44. The molecule has 16 heavy (non-hydrogen) atoms. The van der Waals surface area contributed by atoms with E-state index in [1.54, 1.807) is 0 Å². The average Bonchev–Trinajstić information content (AvgIpc) is 2.66. The largest absolute Gasteiger partial charge is 0.380 e. The molecule has 0 aliphatic heterocycles. The zero-order chi connectivity index (χ0) is 12.0. The van der Waals surface area contributed by atoms with E-state index >= 15 is 0 Å². The van der Waals surface area contributed by atoms with Gasteiger partial charge < -0.3 is 5.32 Å². The summed E-state index contributed by atoms with van der Waals surface area (Å²) in [6.07, 6.45) is 9.16. The van der Waals surface area contributed by atoms with Crippen LogP contribution in [0.15, 0.2) is 12.4 Å². The molecule has 3 nitrogen and oxygen atoms in total. The van der Waals surface area contributed by atoms with Crippen molar-refractivity contribution in [3.05, 3.63) is 12.4 Å². The van der Waals surface area contributed by atoms with E-state index in [0.29, 0.717) is 12.1 Å². The molecule has 1 rings (SSSR count). The van der Waals surface area contributed by atoms with Crippen LogP contribution in [-0.4, -0.2) is 15.8 Å². The molecule has 0 aliphatic rings. The van der Waals surface area contributed by atoms with Gasteiger partial charge in [0.1, 0.15) is 0 Å². The number of nitrogens with zero attached hydrogens (tertiary/aromatic N) is 2. The predicted molar refractivity (Wildman–Crippen MR) is 69.8 cm³/mol. The number of hydrogen-bond acceptors (Lipinski definition) is 2. The summed E-state index contributed by atoms with van der Waals surface area (Å²) in [6.45, 7) is 8.76. The predicted octanol–water partition coefficient (Wildman–Crippen LogP) is 3.84. The lowest BCUT2D eigenvalue weighted by atomic mass is 10.1. The second-order valence-electron chi connectivity index (χ2n) is 4.84. The first-order chi connectivity index (χ1) is 7.63. The van der Waals surface area contributed by atoms with E-state index in [2.05, 4.69) is 44.3 Å². The number of aromatic nitrogens is 2. The highest BCUT2D eigenvalue weighted by atomic mass is 15.3. The van der Waals surface area contributed by atoms with Crippen molar-refractivity contribution in [3.8, 4) is 0 Å². The van der Waals surface area contributed by atoms with Crippen molar-refractivity contribution >= 4 is 5.69 Å². The van der Waals surface area contributed by atoms with Gasteiger partial charge in [-0.25, -0.2) is 0 Å². The lowest BCUT2D eigenvalue weighted by molar-refractivity contribution is 0.532. The summed E-state index contributed by atoms with van der Waals surface area (Å²) in [5.74, 6) is 0. The molecule has 0 saturated heterocycles. The lowest BCUT2D eigenvalue weighted by Gasteiger charge is -2.13. The van der Waals surface area contributed by atoms with Crippen LogP contribution in [0.2, 0.25) is 0 Å². The van der Waals surface area contributed by atoms with Crippen LogP contribution in [0.3, 0.4) is 0 Å². The molecule has 0 saturated carbocycles. The highest BCUT2D eigenvalue weighted by molar-refractivity contribution is 5.39. The fourth-order valence-corrected chi connectivity index (χ4v) is 1.75. The summed E-state index contributed by atoms with van der Waals surface area (Å²) >= 11 is 0. The average molecular weight is 223 g/mol. The van der Waals surface area contributed by atoms with Gasteiger partial charge in [-0.1, -0.05) is 26.2 Å². The molecule has 0 aromatic carbocycles. The van der Waals surface area contributed by atoms with Crippen molar-refractivity contribution in [2.24, 2.45) is 0 Å². The van der Waals surface area contributed by atoms with Gasteiger partial charge in [-0.2, -0.15) is 5.10 Å². The van der Waals surface area contributed by atoms with Crippen LogP contribution < -0.4 is 5.32 Å². The van der Waals surface area contributed by atoms with Crippen molar-refractivity contribution < 1.29 is 0 Å². The van der Waals surface area contributed by atoms with Crippen molar-refractivity contribution in [1.29, 1.82) is 0 Å². The monoisotopic (exact) mass is 223 g/mol. The molecular formula is C13H25N3. The standard InChI is InChI=1S/C13H25N3/c1-5-6-7-8-12(4)15-13-9-14-16(10-13)11(2)3/h9-12,15H,5-8H2,1-4H3. The maximum atomic E-state index is 4.32. The lowest BCUT2D eigenvalue weighted by Crippen LogP contribution is -2.14. The molecule has 1 heterocycles. The Morgan fingerprint density at radius 2 is 2.06 bits per heavy atom. The number of rotatable bonds is 7. The maximum absolute atomic E-state index is 4.32. The van der Waals surface area contributed by atoms with E-state index in [4.69, 9.17) is 0 Å². The second kappa shape index (κ2) is 6.56. The van der Waals surface area contributed by atoms with Crippen molar-refractivity contribution in [2.45, 2.75) is 65.5 Å². The van der Waals surface area contributed by atoms with Crippen molar-refractivity contribution in [2.75, 3.05) is 5.32 Å². The molecule has 1 aromatic heterocycles. The summed E-state index contributed by atoms with van der Waals surface area (Å²) in [5.41, 5.74) is 1.14. The van der Waals surface area contributed by atoms with Crippen LogP contribution in [-0.2, 0) is 0 Å². The first kappa shape index (κ1) is 13.1. The Balaban J connectivity index is 2.34. The number of hydrogen-bond donors (Lipinski definition) is 1. The minimum Gasteiger partial charge on any atom is -0.380 e. The van der Waals surface area contributed by atoms with Crippen LogP contribution >= 0.6 is 0 Å². The Morgan fingerprint density at radius 1 is 1.31 bits per heavy atom. The third-order valence-corrected chi connectivity index (χ3v) is 2.78. The molecule has 1 atom stereocenters. The number of anilines is 1. The minimum atomic E-state index is 0.436. The van der Waals surface area contributed by atoms with Crippen LogP contribution in [0.1, 0.15) is 59.4 Å². The Kier molecular flexibility index (Phi) is 5.36. The van der Waals surface area contributed by atoms with Crippen LogP contribution in [0, 0.1) is 0 Å². The molecule has 0 spiro atoms. The summed E-state index contributed by atoms with van der Waals surface area (Å²) < 4.78 is 1.99. The fourth-order valence-electron chi connectivity index (χ4n) is 1.75. The van der Waals surface area contributed by atoms with Crippen molar-refractivity contribution in [1.82, 2.24) is 9.78 Å².